The Bertz CT molecular complexity index is 318. The highest BCUT2D eigenvalue weighted by Gasteiger charge is 2.17. The van der Waals surface area contributed by atoms with Crippen LogP contribution in [0.2, 0.25) is 0 Å². The molecular weight excluding hydrogens is 188 g/mol. The molecule has 3 nitrogen and oxygen atoms in total. The minimum absolute atomic E-state index is 0.0416. The maximum Gasteiger partial charge on any atom is 0.119 e. The summed E-state index contributed by atoms with van der Waals surface area (Å²) in [7, 11) is 1.65. The highest BCUT2D eigenvalue weighted by Crippen LogP contribution is 2.23. The average molecular weight is 208 g/mol. The van der Waals surface area contributed by atoms with E-state index in [1.807, 2.05) is 38.1 Å². The molecule has 1 aromatic rings. The van der Waals surface area contributed by atoms with Gasteiger partial charge in [-0.15, -0.1) is 0 Å². The van der Waals surface area contributed by atoms with Crippen LogP contribution in [0.3, 0.4) is 0 Å². The first kappa shape index (κ1) is 12.0. The fourth-order valence-electron chi connectivity index (χ4n) is 1.56. The van der Waals surface area contributed by atoms with Crippen molar-refractivity contribution in [3.8, 4) is 5.75 Å². The monoisotopic (exact) mass is 208 g/mol. The van der Waals surface area contributed by atoms with Crippen LogP contribution in [-0.2, 0) is 0 Å². The van der Waals surface area contributed by atoms with Gasteiger partial charge in [-0.2, -0.15) is 0 Å². The fraction of sp³-hybridized carbons (Fsp3) is 0.500. The van der Waals surface area contributed by atoms with E-state index in [9.17, 15) is 0 Å². The topological polar surface area (TPSA) is 61.3 Å². The minimum atomic E-state index is -0.248. The predicted octanol–water partition coefficient (Wildman–Crippen LogP) is 1.82. The SMILES string of the molecule is COc1cccc(C(N)CC(C)(C)N)c1. The highest BCUT2D eigenvalue weighted by atomic mass is 16.5. The molecule has 1 aromatic carbocycles. The van der Waals surface area contributed by atoms with Gasteiger partial charge >= 0.3 is 0 Å². The van der Waals surface area contributed by atoms with E-state index in [0.29, 0.717) is 0 Å². The first-order valence-electron chi connectivity index (χ1n) is 5.11. The van der Waals surface area contributed by atoms with Crippen molar-refractivity contribution in [2.24, 2.45) is 11.5 Å². The quantitative estimate of drug-likeness (QED) is 0.793. The molecule has 1 unspecified atom stereocenters. The molecule has 0 aliphatic carbocycles. The van der Waals surface area contributed by atoms with Crippen LogP contribution < -0.4 is 16.2 Å². The van der Waals surface area contributed by atoms with Gasteiger partial charge in [0.2, 0.25) is 0 Å². The molecule has 84 valence electrons. The van der Waals surface area contributed by atoms with E-state index in [4.69, 9.17) is 16.2 Å². The second kappa shape index (κ2) is 4.64. The Morgan fingerprint density at radius 2 is 2.07 bits per heavy atom. The van der Waals surface area contributed by atoms with Gasteiger partial charge in [0, 0.05) is 11.6 Å². The van der Waals surface area contributed by atoms with Gasteiger partial charge in [0.15, 0.2) is 0 Å². The molecule has 1 rings (SSSR count). The lowest BCUT2D eigenvalue weighted by atomic mass is 9.92. The molecule has 0 saturated heterocycles. The molecule has 15 heavy (non-hydrogen) atoms. The number of hydrogen-bond acceptors (Lipinski definition) is 3. The summed E-state index contributed by atoms with van der Waals surface area (Å²) in [4.78, 5) is 0. The van der Waals surface area contributed by atoms with Gasteiger partial charge in [0.05, 0.1) is 7.11 Å². The zero-order chi connectivity index (χ0) is 11.5. The normalized spacial score (nSPS) is 13.7. The average Bonchev–Trinajstić information content (AvgIpc) is 2.15. The Balaban J connectivity index is 2.77. The van der Waals surface area contributed by atoms with Crippen LogP contribution in [0.4, 0.5) is 0 Å². The lowest BCUT2D eigenvalue weighted by Gasteiger charge is -2.23. The van der Waals surface area contributed by atoms with Crippen molar-refractivity contribution < 1.29 is 4.74 Å². The van der Waals surface area contributed by atoms with Crippen molar-refractivity contribution in [3.05, 3.63) is 29.8 Å². The summed E-state index contributed by atoms with van der Waals surface area (Å²) in [6.07, 6.45) is 0.750. The van der Waals surface area contributed by atoms with Crippen LogP contribution in [0.5, 0.6) is 5.75 Å². The molecule has 1 atom stereocenters. The zero-order valence-electron chi connectivity index (χ0n) is 9.66. The van der Waals surface area contributed by atoms with E-state index < -0.39 is 0 Å². The van der Waals surface area contributed by atoms with Crippen molar-refractivity contribution in [2.45, 2.75) is 31.8 Å². The molecule has 0 fully saturated rings. The predicted molar refractivity (Wildman–Crippen MR) is 62.8 cm³/mol. The number of benzene rings is 1. The van der Waals surface area contributed by atoms with Crippen molar-refractivity contribution in [3.63, 3.8) is 0 Å². The number of rotatable bonds is 4. The summed E-state index contributed by atoms with van der Waals surface area (Å²) in [5, 5.41) is 0. The van der Waals surface area contributed by atoms with Gasteiger partial charge in [-0.3, -0.25) is 0 Å². The first-order chi connectivity index (χ1) is 6.92. The van der Waals surface area contributed by atoms with Crippen LogP contribution in [0.15, 0.2) is 24.3 Å². The number of ether oxygens (including phenoxy) is 1. The Labute approximate surface area is 91.4 Å². The second-order valence-electron chi connectivity index (χ2n) is 4.58. The molecule has 0 bridgehead atoms. The van der Waals surface area contributed by atoms with Gasteiger partial charge in [0.1, 0.15) is 5.75 Å². The van der Waals surface area contributed by atoms with E-state index in [2.05, 4.69) is 0 Å². The van der Waals surface area contributed by atoms with Crippen LogP contribution in [0, 0.1) is 0 Å². The van der Waals surface area contributed by atoms with E-state index >= 15 is 0 Å². The van der Waals surface area contributed by atoms with Crippen LogP contribution >= 0.6 is 0 Å². The maximum absolute atomic E-state index is 6.07. The van der Waals surface area contributed by atoms with Gasteiger partial charge in [-0.25, -0.2) is 0 Å². The Hall–Kier alpha value is -1.06. The number of methoxy groups -OCH3 is 1. The molecular formula is C12H20N2O. The number of nitrogens with two attached hydrogens (primary N) is 2. The largest absolute Gasteiger partial charge is 0.497 e. The van der Waals surface area contributed by atoms with Crippen molar-refractivity contribution in [1.29, 1.82) is 0 Å². The van der Waals surface area contributed by atoms with Crippen LogP contribution in [-0.4, -0.2) is 12.6 Å². The van der Waals surface area contributed by atoms with Crippen molar-refractivity contribution >= 4 is 0 Å². The Kier molecular flexibility index (Phi) is 3.72. The molecule has 0 heterocycles. The second-order valence-corrected chi connectivity index (χ2v) is 4.58. The third-order valence-electron chi connectivity index (χ3n) is 2.27. The van der Waals surface area contributed by atoms with Crippen LogP contribution in [0.25, 0.3) is 0 Å². The Morgan fingerprint density at radius 1 is 1.40 bits per heavy atom. The van der Waals surface area contributed by atoms with E-state index in [0.717, 1.165) is 17.7 Å². The lowest BCUT2D eigenvalue weighted by molar-refractivity contribution is 0.409. The standard InChI is InChI=1S/C12H20N2O/c1-12(2,14)8-11(13)9-5-4-6-10(7-9)15-3/h4-7,11H,8,13-14H2,1-3H3. The molecule has 0 radical (unpaired) electrons. The zero-order valence-corrected chi connectivity index (χ0v) is 9.66. The van der Waals surface area contributed by atoms with Crippen molar-refractivity contribution in [1.82, 2.24) is 0 Å². The van der Waals surface area contributed by atoms with Gasteiger partial charge in [0.25, 0.3) is 0 Å². The van der Waals surface area contributed by atoms with Crippen LogP contribution in [0.1, 0.15) is 31.9 Å². The maximum atomic E-state index is 6.07. The third kappa shape index (κ3) is 3.90. The number of hydrogen-bond donors (Lipinski definition) is 2. The van der Waals surface area contributed by atoms with E-state index in [-0.39, 0.29) is 11.6 Å². The Morgan fingerprint density at radius 3 is 2.60 bits per heavy atom. The molecule has 0 saturated carbocycles. The molecule has 3 heteroatoms. The molecule has 0 amide bonds. The fourth-order valence-corrected chi connectivity index (χ4v) is 1.56. The highest BCUT2D eigenvalue weighted by molar-refractivity contribution is 5.30. The molecule has 4 N–H and O–H groups in total. The summed E-state index contributed by atoms with van der Waals surface area (Å²) in [5.41, 5.74) is 12.8. The first-order valence-corrected chi connectivity index (χ1v) is 5.11. The summed E-state index contributed by atoms with van der Waals surface area (Å²) in [6.45, 7) is 3.96. The van der Waals surface area contributed by atoms with E-state index in [1.165, 1.54) is 0 Å². The molecule has 0 aliphatic heterocycles. The summed E-state index contributed by atoms with van der Waals surface area (Å²) in [6, 6.07) is 7.76. The molecule has 0 aromatic heterocycles. The van der Waals surface area contributed by atoms with Crippen molar-refractivity contribution in [2.75, 3.05) is 7.11 Å². The van der Waals surface area contributed by atoms with Gasteiger partial charge in [-0.1, -0.05) is 12.1 Å². The molecule has 0 aliphatic rings. The molecule has 0 spiro atoms. The summed E-state index contributed by atoms with van der Waals surface area (Å²) >= 11 is 0. The summed E-state index contributed by atoms with van der Waals surface area (Å²) < 4.78 is 5.15. The van der Waals surface area contributed by atoms with E-state index in [1.54, 1.807) is 7.11 Å². The van der Waals surface area contributed by atoms with Gasteiger partial charge < -0.3 is 16.2 Å². The third-order valence-corrected chi connectivity index (χ3v) is 2.27. The summed E-state index contributed by atoms with van der Waals surface area (Å²) in [5.74, 6) is 0.831. The lowest BCUT2D eigenvalue weighted by Crippen LogP contribution is -2.35. The van der Waals surface area contributed by atoms with Gasteiger partial charge in [-0.05, 0) is 38.0 Å². The minimum Gasteiger partial charge on any atom is -0.497 e. The smallest absolute Gasteiger partial charge is 0.119 e.